The third-order valence-electron chi connectivity index (χ3n) is 5.99. The molecule has 6 heteroatoms. The lowest BCUT2D eigenvalue weighted by Gasteiger charge is -2.40. The van der Waals surface area contributed by atoms with Crippen molar-refractivity contribution >= 4 is 16.7 Å². The summed E-state index contributed by atoms with van der Waals surface area (Å²) in [6.07, 6.45) is 11.6. The fourth-order valence-electron chi connectivity index (χ4n) is 4.38. The maximum absolute atomic E-state index is 5.82. The first-order valence-corrected chi connectivity index (χ1v) is 10.1. The van der Waals surface area contributed by atoms with Crippen LogP contribution in [0.5, 0.6) is 0 Å². The van der Waals surface area contributed by atoms with E-state index in [1.807, 2.05) is 18.4 Å². The number of rotatable bonds is 3. The van der Waals surface area contributed by atoms with Gasteiger partial charge in [-0.25, -0.2) is 15.0 Å². The molecule has 6 nitrogen and oxygen atoms in total. The molecule has 0 spiro atoms. The average molecular weight is 387 g/mol. The van der Waals surface area contributed by atoms with Crippen LogP contribution in [0.3, 0.4) is 0 Å². The largest absolute Gasteiger partial charge is 0.464 e. The lowest BCUT2D eigenvalue weighted by molar-refractivity contribution is 0.0731. The quantitative estimate of drug-likeness (QED) is 0.681. The van der Waals surface area contributed by atoms with Crippen LogP contribution in [0.4, 0.5) is 0 Å². The Morgan fingerprint density at radius 3 is 2.79 bits per heavy atom. The van der Waals surface area contributed by atoms with E-state index in [4.69, 9.17) is 9.41 Å². The van der Waals surface area contributed by atoms with Crippen LogP contribution < -0.4 is 0 Å². The van der Waals surface area contributed by atoms with Crippen LogP contribution in [0.25, 0.3) is 11.0 Å². The third kappa shape index (κ3) is 3.44. The van der Waals surface area contributed by atoms with Crippen LogP contribution >= 0.6 is 0 Å². The lowest BCUT2D eigenvalue weighted by atomic mass is 9.89. The van der Waals surface area contributed by atoms with Crippen molar-refractivity contribution in [2.24, 2.45) is 4.99 Å². The van der Waals surface area contributed by atoms with E-state index in [0.717, 1.165) is 42.9 Å². The number of hydrogen-bond acceptors (Lipinski definition) is 6. The fraction of sp³-hybridized carbons (Fsp3) is 0.348. The summed E-state index contributed by atoms with van der Waals surface area (Å²) < 4.78 is 5.82. The number of benzene rings is 1. The van der Waals surface area contributed by atoms with Crippen molar-refractivity contribution in [3.8, 4) is 0 Å². The van der Waals surface area contributed by atoms with Crippen LogP contribution in [0.1, 0.15) is 35.6 Å². The highest BCUT2D eigenvalue weighted by Gasteiger charge is 2.30. The summed E-state index contributed by atoms with van der Waals surface area (Å²) in [6.45, 7) is 4.15. The molecule has 0 amide bonds. The standard InChI is InChI=1S/C23H25N5O/c1-16-3-4-22-18(13-16)19(14-29-22)17-6-11-28(12-7-17)23-26-21(8-10-27(23)2)20-5-9-24-15-25-20/h3-5,8-10,13-15,17,23H,6-7,11-12H2,1-2H3. The van der Waals surface area contributed by atoms with Crippen molar-refractivity contribution < 1.29 is 4.42 Å². The Morgan fingerprint density at radius 2 is 2.00 bits per heavy atom. The maximum Gasteiger partial charge on any atom is 0.178 e. The Hall–Kier alpha value is -2.99. The van der Waals surface area contributed by atoms with E-state index < -0.39 is 0 Å². The number of fused-ring (bicyclic) bond motifs is 1. The highest BCUT2D eigenvalue weighted by atomic mass is 16.3. The summed E-state index contributed by atoms with van der Waals surface area (Å²) in [4.78, 5) is 18.0. The minimum Gasteiger partial charge on any atom is -0.464 e. The molecular weight excluding hydrogens is 362 g/mol. The molecule has 0 radical (unpaired) electrons. The zero-order valence-corrected chi connectivity index (χ0v) is 16.8. The summed E-state index contributed by atoms with van der Waals surface area (Å²) in [5.41, 5.74) is 5.40. The Balaban J connectivity index is 1.32. The van der Waals surface area contributed by atoms with E-state index in [9.17, 15) is 0 Å². The molecule has 0 N–H and O–H groups in total. The molecule has 4 heterocycles. The Morgan fingerprint density at radius 1 is 1.14 bits per heavy atom. The number of hydrogen-bond donors (Lipinski definition) is 0. The number of allylic oxidation sites excluding steroid dienone is 1. The number of furan rings is 1. The first-order chi connectivity index (χ1) is 14.2. The Bertz CT molecular complexity index is 1060. The number of nitrogens with zero attached hydrogens (tertiary/aromatic N) is 5. The Labute approximate surface area is 170 Å². The third-order valence-corrected chi connectivity index (χ3v) is 5.99. The second-order valence-corrected chi connectivity index (χ2v) is 7.94. The minimum absolute atomic E-state index is 0.00857. The molecule has 2 aliphatic heterocycles. The average Bonchev–Trinajstić information content (AvgIpc) is 3.18. The molecule has 2 aromatic heterocycles. The van der Waals surface area contributed by atoms with E-state index in [0.29, 0.717) is 5.92 Å². The Kier molecular flexibility index (Phi) is 4.64. The van der Waals surface area contributed by atoms with E-state index >= 15 is 0 Å². The zero-order valence-electron chi connectivity index (χ0n) is 16.8. The molecule has 0 aliphatic carbocycles. The number of likely N-dealkylation sites (tertiary alicyclic amines) is 1. The number of aryl methyl sites for hydroxylation is 1. The monoisotopic (exact) mass is 387 g/mol. The predicted molar refractivity (Wildman–Crippen MR) is 114 cm³/mol. The van der Waals surface area contributed by atoms with Crippen molar-refractivity contribution in [2.75, 3.05) is 20.1 Å². The molecule has 0 bridgehead atoms. The lowest BCUT2D eigenvalue weighted by Crippen LogP contribution is -2.48. The van der Waals surface area contributed by atoms with Crippen LogP contribution in [0.2, 0.25) is 0 Å². The second-order valence-electron chi connectivity index (χ2n) is 7.94. The molecule has 3 aromatic rings. The SMILES string of the molecule is Cc1ccc2occ(C3CCN(C4N=C(c5ccncn5)C=CN4C)CC3)c2c1. The van der Waals surface area contributed by atoms with Crippen LogP contribution in [-0.4, -0.2) is 51.9 Å². The van der Waals surface area contributed by atoms with Gasteiger partial charge in [0.05, 0.1) is 17.7 Å². The summed E-state index contributed by atoms with van der Waals surface area (Å²) in [5.74, 6) is 0.532. The van der Waals surface area contributed by atoms with Crippen molar-refractivity contribution in [2.45, 2.75) is 32.0 Å². The van der Waals surface area contributed by atoms with Gasteiger partial charge >= 0.3 is 0 Å². The van der Waals surface area contributed by atoms with Gasteiger partial charge in [0, 0.05) is 43.5 Å². The van der Waals surface area contributed by atoms with E-state index in [2.05, 4.69) is 58.1 Å². The summed E-state index contributed by atoms with van der Waals surface area (Å²) in [6, 6.07) is 8.34. The highest BCUT2D eigenvalue weighted by Crippen LogP contribution is 2.35. The topological polar surface area (TPSA) is 57.8 Å². The molecule has 1 aromatic carbocycles. The first kappa shape index (κ1) is 18.1. The van der Waals surface area contributed by atoms with Gasteiger partial charge < -0.3 is 9.32 Å². The molecule has 1 fully saturated rings. The number of piperidine rings is 1. The molecule has 1 unspecified atom stereocenters. The molecular formula is C23H25N5O. The van der Waals surface area contributed by atoms with Gasteiger partial charge in [0.25, 0.3) is 0 Å². The van der Waals surface area contributed by atoms with Crippen molar-refractivity contribution in [3.63, 3.8) is 0 Å². The summed E-state index contributed by atoms with van der Waals surface area (Å²) in [7, 11) is 2.08. The molecule has 148 valence electrons. The predicted octanol–water partition coefficient (Wildman–Crippen LogP) is 3.94. The van der Waals surface area contributed by atoms with E-state index in [-0.39, 0.29) is 6.29 Å². The molecule has 0 saturated carbocycles. The smallest absolute Gasteiger partial charge is 0.178 e. The van der Waals surface area contributed by atoms with Gasteiger partial charge in [-0.1, -0.05) is 11.6 Å². The number of aliphatic imine (C=N–C) groups is 1. The molecule has 1 saturated heterocycles. The van der Waals surface area contributed by atoms with Gasteiger partial charge in [-0.2, -0.15) is 0 Å². The first-order valence-electron chi connectivity index (χ1n) is 10.1. The molecule has 1 atom stereocenters. The summed E-state index contributed by atoms with van der Waals surface area (Å²) >= 11 is 0. The summed E-state index contributed by atoms with van der Waals surface area (Å²) in [5, 5.41) is 1.27. The van der Waals surface area contributed by atoms with Crippen molar-refractivity contribution in [1.82, 2.24) is 19.8 Å². The van der Waals surface area contributed by atoms with Crippen LogP contribution in [0, 0.1) is 6.92 Å². The number of aromatic nitrogens is 2. The van der Waals surface area contributed by atoms with Crippen molar-refractivity contribution in [1.29, 1.82) is 0 Å². The normalized spacial score (nSPS) is 21.0. The second kappa shape index (κ2) is 7.44. The fourth-order valence-corrected chi connectivity index (χ4v) is 4.38. The van der Waals surface area contributed by atoms with Crippen LogP contribution in [0.15, 0.2) is 64.7 Å². The van der Waals surface area contributed by atoms with Gasteiger partial charge in [-0.15, -0.1) is 0 Å². The van der Waals surface area contributed by atoms with Gasteiger partial charge in [0.1, 0.15) is 11.9 Å². The molecule has 2 aliphatic rings. The minimum atomic E-state index is 0.00857. The van der Waals surface area contributed by atoms with Gasteiger partial charge in [0.2, 0.25) is 0 Å². The van der Waals surface area contributed by atoms with E-state index in [1.54, 1.807) is 12.5 Å². The highest BCUT2D eigenvalue weighted by molar-refractivity contribution is 6.07. The van der Waals surface area contributed by atoms with Gasteiger partial charge in [0.15, 0.2) is 6.29 Å². The molecule has 29 heavy (non-hydrogen) atoms. The molecule has 5 rings (SSSR count). The van der Waals surface area contributed by atoms with Gasteiger partial charge in [-0.05, 0) is 50.0 Å². The maximum atomic E-state index is 5.82. The zero-order chi connectivity index (χ0) is 19.8. The van der Waals surface area contributed by atoms with Crippen LogP contribution in [-0.2, 0) is 0 Å². The van der Waals surface area contributed by atoms with Crippen molar-refractivity contribution in [3.05, 3.63) is 72.1 Å². The van der Waals surface area contributed by atoms with E-state index in [1.165, 1.54) is 16.5 Å². The van der Waals surface area contributed by atoms with Gasteiger partial charge in [-0.3, -0.25) is 4.90 Å².